The molecule has 1 aliphatic rings. The summed E-state index contributed by atoms with van der Waals surface area (Å²) in [5.74, 6) is 1.83. The predicted octanol–water partition coefficient (Wildman–Crippen LogP) is 6.01. The van der Waals surface area contributed by atoms with Crippen LogP contribution in [-0.4, -0.2) is 15.8 Å². The molecule has 34 heavy (non-hydrogen) atoms. The highest BCUT2D eigenvalue weighted by Gasteiger charge is 2.25. The van der Waals surface area contributed by atoms with Gasteiger partial charge in [-0.2, -0.15) is 0 Å². The fraction of sp³-hybridized carbons (Fsp3) is 0.241. The fourth-order valence-corrected chi connectivity index (χ4v) is 4.53. The van der Waals surface area contributed by atoms with Crippen LogP contribution in [0.4, 0.5) is 0 Å². The molecule has 0 bridgehead atoms. The van der Waals surface area contributed by atoms with Crippen LogP contribution in [0.3, 0.4) is 0 Å². The molecule has 1 heterocycles. The summed E-state index contributed by atoms with van der Waals surface area (Å²) in [7, 11) is 0. The van der Waals surface area contributed by atoms with E-state index in [2.05, 4.69) is 34.2 Å². The second-order valence-electron chi connectivity index (χ2n) is 8.58. The molecule has 0 amide bonds. The van der Waals surface area contributed by atoms with Gasteiger partial charge in [-0.3, -0.25) is 4.79 Å². The van der Waals surface area contributed by atoms with E-state index in [1.807, 2.05) is 54.7 Å². The van der Waals surface area contributed by atoms with Crippen molar-refractivity contribution in [2.75, 3.05) is 0 Å². The minimum atomic E-state index is -0.224. The highest BCUT2D eigenvalue weighted by Crippen LogP contribution is 2.35. The first kappa shape index (κ1) is 22.1. The number of H-pyrrole nitrogens is 1. The number of benzene rings is 3. The molecule has 1 N–H and O–H groups in total. The highest BCUT2D eigenvalue weighted by molar-refractivity contribution is 5.99. The quantitative estimate of drug-likeness (QED) is 0.338. The minimum Gasteiger partial charge on any atom is -0.485 e. The summed E-state index contributed by atoms with van der Waals surface area (Å²) in [5, 5.41) is 0. The van der Waals surface area contributed by atoms with Crippen molar-refractivity contribution in [3.8, 4) is 5.75 Å². The Bertz CT molecular complexity index is 1220. The number of carbonyl (C=O) groups is 1. The number of Topliss-reactive ketones (excluding diaryl/α,β-unsaturated/α-hetero) is 1. The van der Waals surface area contributed by atoms with Crippen molar-refractivity contribution in [2.24, 2.45) is 0 Å². The lowest BCUT2D eigenvalue weighted by Gasteiger charge is -2.25. The van der Waals surface area contributed by atoms with Gasteiger partial charge in [0.2, 0.25) is 0 Å². The molecule has 0 radical (unpaired) electrons. The van der Waals surface area contributed by atoms with Gasteiger partial charge in [0.05, 0.1) is 13.2 Å². The average molecular weight is 453 g/mol. The van der Waals surface area contributed by atoms with Crippen LogP contribution in [0, 0.1) is 0 Å². The van der Waals surface area contributed by atoms with Crippen LogP contribution in [0.25, 0.3) is 0 Å². The molecule has 0 aliphatic heterocycles. The number of imidazole rings is 1. The Kier molecular flexibility index (Phi) is 6.82. The topological polar surface area (TPSA) is 64.2 Å². The van der Waals surface area contributed by atoms with Crippen LogP contribution < -0.4 is 4.74 Å². The minimum absolute atomic E-state index is 0.201. The van der Waals surface area contributed by atoms with Gasteiger partial charge in [0.15, 0.2) is 5.78 Å². The van der Waals surface area contributed by atoms with Crippen molar-refractivity contribution in [3.05, 3.63) is 119 Å². The van der Waals surface area contributed by atoms with Crippen molar-refractivity contribution in [1.29, 1.82) is 0 Å². The van der Waals surface area contributed by atoms with Crippen molar-refractivity contribution < 1.29 is 14.3 Å². The Labute approximate surface area is 199 Å². The maximum Gasteiger partial charge on any atom is 0.163 e. The fourth-order valence-electron chi connectivity index (χ4n) is 4.53. The molecule has 5 heteroatoms. The number of hydrogen-bond donors (Lipinski definition) is 1. The molecule has 172 valence electrons. The van der Waals surface area contributed by atoms with Crippen LogP contribution in [0.2, 0.25) is 0 Å². The Hall–Kier alpha value is -3.70. The van der Waals surface area contributed by atoms with Gasteiger partial charge in [0.1, 0.15) is 17.7 Å². The zero-order valence-electron chi connectivity index (χ0n) is 19.1. The van der Waals surface area contributed by atoms with E-state index in [1.165, 1.54) is 0 Å². The molecule has 5 nitrogen and oxygen atoms in total. The summed E-state index contributed by atoms with van der Waals surface area (Å²) in [4.78, 5) is 20.2. The highest BCUT2D eigenvalue weighted by atomic mass is 16.5. The van der Waals surface area contributed by atoms with Gasteiger partial charge in [-0.05, 0) is 41.7 Å². The lowest BCUT2D eigenvalue weighted by Crippen LogP contribution is -2.17. The molecule has 1 atom stereocenters. The summed E-state index contributed by atoms with van der Waals surface area (Å²) in [6, 6.07) is 24.1. The lowest BCUT2D eigenvalue weighted by atomic mass is 9.87. The van der Waals surface area contributed by atoms with Crippen LogP contribution >= 0.6 is 0 Å². The maximum atomic E-state index is 12.6. The summed E-state index contributed by atoms with van der Waals surface area (Å²) in [5.41, 5.74) is 5.03. The third-order valence-electron chi connectivity index (χ3n) is 6.25. The summed E-state index contributed by atoms with van der Waals surface area (Å²) in [6.07, 6.45) is 6.28. The Morgan fingerprint density at radius 1 is 0.912 bits per heavy atom. The monoisotopic (exact) mass is 452 g/mol. The van der Waals surface area contributed by atoms with Gasteiger partial charge >= 0.3 is 0 Å². The molecule has 1 aromatic heterocycles. The molecule has 3 aromatic carbocycles. The zero-order valence-corrected chi connectivity index (χ0v) is 19.1. The summed E-state index contributed by atoms with van der Waals surface area (Å²) < 4.78 is 12.8. The van der Waals surface area contributed by atoms with E-state index in [1.54, 1.807) is 6.20 Å². The van der Waals surface area contributed by atoms with Gasteiger partial charge in [0.25, 0.3) is 0 Å². The molecular weight excluding hydrogens is 424 g/mol. The Morgan fingerprint density at radius 3 is 2.47 bits per heavy atom. The van der Waals surface area contributed by atoms with Crippen molar-refractivity contribution in [3.63, 3.8) is 0 Å². The van der Waals surface area contributed by atoms with Crippen LogP contribution in [0.1, 0.15) is 57.4 Å². The third-order valence-corrected chi connectivity index (χ3v) is 6.25. The summed E-state index contributed by atoms with van der Waals surface area (Å²) in [6.45, 7) is 0.898. The third kappa shape index (κ3) is 5.10. The van der Waals surface area contributed by atoms with E-state index < -0.39 is 0 Å². The number of rotatable bonds is 9. The molecule has 5 rings (SSSR count). The maximum absolute atomic E-state index is 12.6. The number of aromatic nitrogens is 2. The Balaban J connectivity index is 1.45. The van der Waals surface area contributed by atoms with E-state index in [4.69, 9.17) is 9.47 Å². The number of nitrogens with zero attached hydrogens (tertiary/aromatic N) is 1. The smallest absolute Gasteiger partial charge is 0.163 e. The van der Waals surface area contributed by atoms with Crippen LogP contribution in [0.5, 0.6) is 5.75 Å². The average Bonchev–Trinajstić information content (AvgIpc) is 3.39. The van der Waals surface area contributed by atoms with E-state index in [0.29, 0.717) is 26.1 Å². The van der Waals surface area contributed by atoms with Crippen LogP contribution in [-0.2, 0) is 30.8 Å². The van der Waals surface area contributed by atoms with Gasteiger partial charge in [0, 0.05) is 36.4 Å². The van der Waals surface area contributed by atoms with Crippen molar-refractivity contribution >= 4 is 5.78 Å². The second kappa shape index (κ2) is 10.5. The first-order valence-electron chi connectivity index (χ1n) is 11.8. The second-order valence-corrected chi connectivity index (χ2v) is 8.58. The van der Waals surface area contributed by atoms with Gasteiger partial charge in [-0.25, -0.2) is 4.98 Å². The number of hydrogen-bond acceptors (Lipinski definition) is 4. The van der Waals surface area contributed by atoms with Gasteiger partial charge < -0.3 is 14.5 Å². The van der Waals surface area contributed by atoms with E-state index in [0.717, 1.165) is 52.2 Å². The van der Waals surface area contributed by atoms with E-state index >= 15 is 0 Å². The number of ether oxygens (including phenoxy) is 2. The molecule has 1 aliphatic carbocycles. The first-order valence-corrected chi connectivity index (χ1v) is 11.8. The molecule has 0 fully saturated rings. The number of carbonyl (C=O) groups excluding carboxylic acids is 1. The molecule has 0 saturated heterocycles. The normalized spacial score (nSPS) is 13.9. The number of nitrogens with one attached hydrogen (secondary N) is 1. The Morgan fingerprint density at radius 2 is 1.71 bits per heavy atom. The summed E-state index contributed by atoms with van der Waals surface area (Å²) >= 11 is 0. The predicted molar refractivity (Wildman–Crippen MR) is 131 cm³/mol. The van der Waals surface area contributed by atoms with Crippen molar-refractivity contribution in [1.82, 2.24) is 9.97 Å². The SMILES string of the molecule is O=C1CCCc2c1ccc(O[C@@H](Cc1ncc[nH]1)c1ccccc1)c2COCc1ccccc1. The number of ketones is 1. The van der Waals surface area contributed by atoms with Gasteiger partial charge in [-0.15, -0.1) is 0 Å². The molecule has 0 spiro atoms. The first-order chi connectivity index (χ1) is 16.8. The van der Waals surface area contributed by atoms with Crippen LogP contribution in [0.15, 0.2) is 85.2 Å². The lowest BCUT2D eigenvalue weighted by molar-refractivity contribution is 0.0958. The van der Waals surface area contributed by atoms with E-state index in [9.17, 15) is 4.79 Å². The molecule has 0 unspecified atom stereocenters. The molecule has 0 saturated carbocycles. The van der Waals surface area contributed by atoms with Crippen molar-refractivity contribution in [2.45, 2.75) is 45.0 Å². The molecule has 4 aromatic rings. The standard InChI is InChI=1S/C29H28N2O3/c32-26-13-7-12-23-24(26)14-15-27(25(23)20-33-19-21-8-3-1-4-9-21)34-28(18-29-30-16-17-31-29)22-10-5-2-6-11-22/h1-6,8-11,14-17,28H,7,12-13,18-20H2,(H,30,31)/t28-/m0/s1. The van der Waals surface area contributed by atoms with Gasteiger partial charge in [-0.1, -0.05) is 60.7 Å². The van der Waals surface area contributed by atoms with E-state index in [-0.39, 0.29) is 11.9 Å². The largest absolute Gasteiger partial charge is 0.485 e. The zero-order chi connectivity index (χ0) is 23.2. The number of fused-ring (bicyclic) bond motifs is 1. The number of aromatic amines is 1. The molecular formula is C29H28N2O3.